The summed E-state index contributed by atoms with van der Waals surface area (Å²) in [5.74, 6) is 0.132. The second-order valence-electron chi connectivity index (χ2n) is 2.61. The standard InChI is InChI=1S/C7H10N4O2/c1-5(12)2-3-7(13)9-6-4-8-11-10-6/h4H,2-3H2,1H3,(H2,8,9,10,11,13). The minimum Gasteiger partial charge on any atom is -0.308 e. The number of hydrogen-bond donors (Lipinski definition) is 2. The Balaban J connectivity index is 2.30. The van der Waals surface area contributed by atoms with E-state index in [0.717, 1.165) is 0 Å². The fourth-order valence-corrected chi connectivity index (χ4v) is 0.757. The summed E-state index contributed by atoms with van der Waals surface area (Å²) in [5.41, 5.74) is 0. The summed E-state index contributed by atoms with van der Waals surface area (Å²) in [7, 11) is 0. The van der Waals surface area contributed by atoms with E-state index in [2.05, 4.69) is 20.7 Å². The smallest absolute Gasteiger partial charge is 0.226 e. The van der Waals surface area contributed by atoms with Gasteiger partial charge in [0.15, 0.2) is 5.82 Å². The van der Waals surface area contributed by atoms with E-state index in [-0.39, 0.29) is 24.5 Å². The number of hydrogen-bond acceptors (Lipinski definition) is 4. The number of H-pyrrole nitrogens is 1. The molecule has 0 bridgehead atoms. The average molecular weight is 182 g/mol. The number of rotatable bonds is 4. The number of carbonyl (C=O) groups excluding carboxylic acids is 2. The van der Waals surface area contributed by atoms with Crippen molar-refractivity contribution in [1.29, 1.82) is 0 Å². The van der Waals surface area contributed by atoms with E-state index in [4.69, 9.17) is 0 Å². The summed E-state index contributed by atoms with van der Waals surface area (Å²) >= 11 is 0. The predicted octanol–water partition coefficient (Wildman–Crippen LogP) is 0.112. The lowest BCUT2D eigenvalue weighted by atomic mass is 10.2. The molecule has 0 aliphatic carbocycles. The fraction of sp³-hybridized carbons (Fsp3) is 0.429. The number of Topliss-reactive ketones (excluding diaryl/α,β-unsaturated/α-hetero) is 1. The van der Waals surface area contributed by atoms with Crippen LogP contribution in [0.5, 0.6) is 0 Å². The molecule has 0 aromatic carbocycles. The number of aromatic amines is 1. The molecule has 70 valence electrons. The Morgan fingerprint density at radius 3 is 2.85 bits per heavy atom. The van der Waals surface area contributed by atoms with Crippen LogP contribution in [0.4, 0.5) is 5.82 Å². The van der Waals surface area contributed by atoms with Gasteiger partial charge in [-0.25, -0.2) is 0 Å². The van der Waals surface area contributed by atoms with E-state index < -0.39 is 0 Å². The Labute approximate surface area is 74.7 Å². The quantitative estimate of drug-likeness (QED) is 0.691. The molecular weight excluding hydrogens is 172 g/mol. The number of anilines is 1. The largest absolute Gasteiger partial charge is 0.308 e. The zero-order chi connectivity index (χ0) is 9.68. The first-order valence-electron chi connectivity index (χ1n) is 3.83. The maximum absolute atomic E-state index is 11.1. The molecule has 1 rings (SSSR count). The van der Waals surface area contributed by atoms with E-state index in [0.29, 0.717) is 5.82 Å². The van der Waals surface area contributed by atoms with Gasteiger partial charge in [-0.05, 0) is 6.92 Å². The Bertz CT molecular complexity index is 293. The summed E-state index contributed by atoms with van der Waals surface area (Å²) < 4.78 is 0. The highest BCUT2D eigenvalue weighted by molar-refractivity contribution is 5.92. The van der Waals surface area contributed by atoms with Crippen molar-refractivity contribution in [1.82, 2.24) is 15.4 Å². The van der Waals surface area contributed by atoms with Crippen molar-refractivity contribution in [3.8, 4) is 0 Å². The number of nitrogens with zero attached hydrogens (tertiary/aromatic N) is 2. The van der Waals surface area contributed by atoms with Gasteiger partial charge < -0.3 is 10.1 Å². The molecule has 0 spiro atoms. The lowest BCUT2D eigenvalue weighted by Gasteiger charge is -1.98. The molecule has 0 saturated carbocycles. The van der Waals surface area contributed by atoms with Gasteiger partial charge in [-0.1, -0.05) is 0 Å². The third-order valence-electron chi connectivity index (χ3n) is 1.39. The number of amides is 1. The first-order valence-corrected chi connectivity index (χ1v) is 3.83. The van der Waals surface area contributed by atoms with Gasteiger partial charge in [0.1, 0.15) is 5.78 Å². The van der Waals surface area contributed by atoms with Gasteiger partial charge in [0.05, 0.1) is 6.20 Å². The second kappa shape index (κ2) is 4.34. The van der Waals surface area contributed by atoms with E-state index in [1.165, 1.54) is 13.1 Å². The lowest BCUT2D eigenvalue weighted by molar-refractivity contribution is -0.121. The van der Waals surface area contributed by atoms with Gasteiger partial charge in [-0.3, -0.25) is 4.79 Å². The molecular formula is C7H10N4O2. The van der Waals surface area contributed by atoms with Crippen LogP contribution in [0.1, 0.15) is 19.8 Å². The molecule has 1 aromatic rings. The zero-order valence-electron chi connectivity index (χ0n) is 7.20. The van der Waals surface area contributed by atoms with Crippen LogP contribution in [-0.4, -0.2) is 27.1 Å². The number of aromatic nitrogens is 3. The minimum absolute atomic E-state index is 0.00435. The highest BCUT2D eigenvalue weighted by Crippen LogP contribution is 1.99. The lowest BCUT2D eigenvalue weighted by Crippen LogP contribution is -2.12. The molecule has 1 heterocycles. The van der Waals surface area contributed by atoms with Crippen LogP contribution in [0.15, 0.2) is 6.20 Å². The monoisotopic (exact) mass is 182 g/mol. The molecule has 0 radical (unpaired) electrons. The topological polar surface area (TPSA) is 87.7 Å². The van der Waals surface area contributed by atoms with Crippen LogP contribution in [0.25, 0.3) is 0 Å². The van der Waals surface area contributed by atoms with E-state index in [9.17, 15) is 9.59 Å². The Kier molecular flexibility index (Phi) is 3.13. The van der Waals surface area contributed by atoms with Gasteiger partial charge in [0.25, 0.3) is 0 Å². The van der Waals surface area contributed by atoms with Crippen LogP contribution < -0.4 is 5.32 Å². The third-order valence-corrected chi connectivity index (χ3v) is 1.39. The highest BCUT2D eigenvalue weighted by atomic mass is 16.2. The van der Waals surface area contributed by atoms with Gasteiger partial charge in [0, 0.05) is 12.8 Å². The molecule has 13 heavy (non-hydrogen) atoms. The zero-order valence-corrected chi connectivity index (χ0v) is 7.20. The Morgan fingerprint density at radius 1 is 1.54 bits per heavy atom. The van der Waals surface area contributed by atoms with Crippen LogP contribution in [-0.2, 0) is 9.59 Å². The van der Waals surface area contributed by atoms with Crippen molar-refractivity contribution in [3.05, 3.63) is 6.20 Å². The van der Waals surface area contributed by atoms with Crippen molar-refractivity contribution >= 4 is 17.5 Å². The maximum Gasteiger partial charge on any atom is 0.226 e. The molecule has 1 amide bonds. The van der Waals surface area contributed by atoms with Gasteiger partial charge in [0.2, 0.25) is 5.91 Å². The second-order valence-corrected chi connectivity index (χ2v) is 2.61. The summed E-state index contributed by atoms with van der Waals surface area (Å²) in [4.78, 5) is 21.6. The van der Waals surface area contributed by atoms with Gasteiger partial charge in [-0.2, -0.15) is 10.3 Å². The summed E-state index contributed by atoms with van der Waals surface area (Å²) in [5, 5.41) is 12.0. The Morgan fingerprint density at radius 2 is 2.31 bits per heavy atom. The minimum atomic E-state index is -0.232. The molecule has 1 aromatic heterocycles. The normalized spacial score (nSPS) is 9.62. The van der Waals surface area contributed by atoms with E-state index in [1.54, 1.807) is 0 Å². The average Bonchev–Trinajstić information content (AvgIpc) is 2.53. The fourth-order valence-electron chi connectivity index (χ4n) is 0.757. The van der Waals surface area contributed by atoms with Crippen LogP contribution in [0, 0.1) is 0 Å². The predicted molar refractivity (Wildman–Crippen MR) is 44.9 cm³/mol. The summed E-state index contributed by atoms with van der Waals surface area (Å²) in [6.07, 6.45) is 1.83. The maximum atomic E-state index is 11.1. The molecule has 2 N–H and O–H groups in total. The molecule has 6 heteroatoms. The number of nitrogens with one attached hydrogen (secondary N) is 2. The molecule has 0 aliphatic rings. The van der Waals surface area contributed by atoms with Crippen molar-refractivity contribution in [3.63, 3.8) is 0 Å². The van der Waals surface area contributed by atoms with Crippen molar-refractivity contribution in [2.24, 2.45) is 0 Å². The summed E-state index contributed by atoms with van der Waals surface area (Å²) in [6.45, 7) is 1.45. The van der Waals surface area contributed by atoms with Gasteiger partial charge in [-0.15, -0.1) is 5.10 Å². The first kappa shape index (κ1) is 9.37. The third kappa shape index (κ3) is 3.46. The highest BCUT2D eigenvalue weighted by Gasteiger charge is 2.04. The first-order chi connectivity index (χ1) is 6.18. The summed E-state index contributed by atoms with van der Waals surface area (Å²) in [6, 6.07) is 0. The molecule has 0 unspecified atom stereocenters. The molecule has 0 saturated heterocycles. The number of ketones is 1. The molecule has 6 nitrogen and oxygen atoms in total. The van der Waals surface area contributed by atoms with Crippen molar-refractivity contribution in [2.75, 3.05) is 5.32 Å². The number of carbonyl (C=O) groups is 2. The Hall–Kier alpha value is -1.72. The molecule has 0 aliphatic heterocycles. The van der Waals surface area contributed by atoms with E-state index in [1.807, 2.05) is 0 Å². The van der Waals surface area contributed by atoms with Crippen molar-refractivity contribution < 1.29 is 9.59 Å². The van der Waals surface area contributed by atoms with Crippen LogP contribution >= 0.6 is 0 Å². The van der Waals surface area contributed by atoms with Gasteiger partial charge >= 0.3 is 0 Å². The van der Waals surface area contributed by atoms with Crippen LogP contribution in [0.2, 0.25) is 0 Å². The van der Waals surface area contributed by atoms with Crippen LogP contribution in [0.3, 0.4) is 0 Å². The SMILES string of the molecule is CC(=O)CCC(=O)Nc1cn[nH]n1. The molecule has 0 atom stereocenters. The molecule has 0 fully saturated rings. The van der Waals surface area contributed by atoms with E-state index >= 15 is 0 Å². The van der Waals surface area contributed by atoms with Crippen molar-refractivity contribution in [2.45, 2.75) is 19.8 Å².